The molecule has 0 aliphatic heterocycles. The Bertz CT molecular complexity index is 806. The zero-order valence-electron chi connectivity index (χ0n) is 14.4. The summed E-state index contributed by atoms with van der Waals surface area (Å²) in [6.07, 6.45) is 6.32. The fraction of sp³-hybridized carbons (Fsp3) is 0.0952. The molecule has 128 valence electrons. The molecule has 0 aromatic heterocycles. The maximum absolute atomic E-state index is 8.74. The lowest BCUT2D eigenvalue weighted by atomic mass is 10.1. The number of aryl methyl sites for hydroxylation is 1. The number of benzene rings is 2. The van der Waals surface area contributed by atoms with E-state index in [1.165, 1.54) is 5.56 Å². The summed E-state index contributed by atoms with van der Waals surface area (Å²) in [6, 6.07) is 16.1. The SMILES string of the molecule is C=C(/C=C/c1cccc(C(=C)N/N=C/c2cccc(CC)c2)c1)NO. The summed E-state index contributed by atoms with van der Waals surface area (Å²) in [4.78, 5) is 0. The van der Waals surface area contributed by atoms with Gasteiger partial charge in [-0.15, -0.1) is 0 Å². The van der Waals surface area contributed by atoms with Gasteiger partial charge in [0.05, 0.1) is 17.6 Å². The maximum Gasteiger partial charge on any atom is 0.0562 e. The zero-order chi connectivity index (χ0) is 18.1. The van der Waals surface area contributed by atoms with E-state index in [2.05, 4.69) is 42.7 Å². The Morgan fingerprint density at radius 3 is 2.64 bits per heavy atom. The Morgan fingerprint density at radius 2 is 1.88 bits per heavy atom. The minimum absolute atomic E-state index is 0.418. The second kappa shape index (κ2) is 9.25. The molecule has 0 saturated carbocycles. The van der Waals surface area contributed by atoms with Crippen molar-refractivity contribution in [3.05, 3.63) is 95.7 Å². The van der Waals surface area contributed by atoms with Crippen molar-refractivity contribution < 1.29 is 5.21 Å². The first-order chi connectivity index (χ1) is 12.1. The summed E-state index contributed by atoms with van der Waals surface area (Å²) >= 11 is 0. The van der Waals surface area contributed by atoms with Gasteiger partial charge in [-0.3, -0.25) is 16.1 Å². The summed E-state index contributed by atoms with van der Waals surface area (Å²) < 4.78 is 0. The first-order valence-corrected chi connectivity index (χ1v) is 8.07. The normalized spacial score (nSPS) is 11.0. The van der Waals surface area contributed by atoms with E-state index >= 15 is 0 Å². The first-order valence-electron chi connectivity index (χ1n) is 8.07. The number of hydroxylamine groups is 1. The van der Waals surface area contributed by atoms with Crippen LogP contribution in [-0.4, -0.2) is 11.4 Å². The number of allylic oxidation sites excluding steroid dienone is 1. The molecular weight excluding hydrogens is 310 g/mol. The second-order valence-corrected chi connectivity index (χ2v) is 5.54. The van der Waals surface area contributed by atoms with E-state index in [1.807, 2.05) is 48.0 Å². The molecule has 2 aromatic carbocycles. The molecule has 3 N–H and O–H groups in total. The largest absolute Gasteiger partial charge is 0.291 e. The molecule has 0 aliphatic rings. The van der Waals surface area contributed by atoms with Crippen LogP contribution < -0.4 is 10.9 Å². The molecule has 4 nitrogen and oxygen atoms in total. The number of nitrogens with one attached hydrogen (secondary N) is 2. The molecule has 0 bridgehead atoms. The van der Waals surface area contributed by atoms with Crippen LogP contribution in [0.1, 0.15) is 29.2 Å². The monoisotopic (exact) mass is 333 g/mol. The van der Waals surface area contributed by atoms with Crippen molar-refractivity contribution in [1.29, 1.82) is 0 Å². The topological polar surface area (TPSA) is 56.7 Å². The highest BCUT2D eigenvalue weighted by Gasteiger charge is 1.98. The summed E-state index contributed by atoms with van der Waals surface area (Å²) in [7, 11) is 0. The van der Waals surface area contributed by atoms with Crippen molar-refractivity contribution in [2.75, 3.05) is 0 Å². The van der Waals surface area contributed by atoms with E-state index in [4.69, 9.17) is 5.21 Å². The van der Waals surface area contributed by atoms with Gasteiger partial charge in [0.25, 0.3) is 0 Å². The van der Waals surface area contributed by atoms with Crippen LogP contribution >= 0.6 is 0 Å². The van der Waals surface area contributed by atoms with E-state index in [0.717, 1.165) is 23.1 Å². The van der Waals surface area contributed by atoms with Gasteiger partial charge >= 0.3 is 0 Å². The van der Waals surface area contributed by atoms with Crippen LogP contribution in [0.2, 0.25) is 0 Å². The van der Waals surface area contributed by atoms with Crippen molar-refractivity contribution in [2.24, 2.45) is 5.10 Å². The van der Waals surface area contributed by atoms with Gasteiger partial charge in [-0.1, -0.05) is 68.6 Å². The highest BCUT2D eigenvalue weighted by molar-refractivity contribution is 5.80. The number of nitrogens with zero attached hydrogens (tertiary/aromatic N) is 1. The molecule has 0 unspecified atom stereocenters. The van der Waals surface area contributed by atoms with Crippen molar-refractivity contribution in [2.45, 2.75) is 13.3 Å². The molecule has 2 rings (SSSR count). The molecule has 25 heavy (non-hydrogen) atoms. The van der Waals surface area contributed by atoms with Gasteiger partial charge in [-0.25, -0.2) is 0 Å². The fourth-order valence-electron chi connectivity index (χ4n) is 2.21. The van der Waals surface area contributed by atoms with E-state index in [-0.39, 0.29) is 0 Å². The highest BCUT2D eigenvalue weighted by Crippen LogP contribution is 2.14. The van der Waals surface area contributed by atoms with Gasteiger partial charge in [-0.2, -0.15) is 5.10 Å². The minimum atomic E-state index is 0.418. The van der Waals surface area contributed by atoms with Crippen molar-refractivity contribution in [3.63, 3.8) is 0 Å². The lowest BCUT2D eigenvalue weighted by Crippen LogP contribution is -2.04. The Kier molecular flexibility index (Phi) is 6.75. The van der Waals surface area contributed by atoms with Crippen LogP contribution in [0.25, 0.3) is 11.8 Å². The Balaban J connectivity index is 2.01. The van der Waals surface area contributed by atoms with Crippen LogP contribution in [-0.2, 0) is 6.42 Å². The third-order valence-corrected chi connectivity index (χ3v) is 3.63. The van der Waals surface area contributed by atoms with Gasteiger partial charge < -0.3 is 0 Å². The van der Waals surface area contributed by atoms with Crippen LogP contribution in [0.5, 0.6) is 0 Å². The third-order valence-electron chi connectivity index (χ3n) is 3.63. The number of hydrogen-bond donors (Lipinski definition) is 3. The smallest absolute Gasteiger partial charge is 0.0562 e. The Hall–Kier alpha value is -3.11. The quantitative estimate of drug-likeness (QED) is 0.382. The molecule has 0 aliphatic carbocycles. The third kappa shape index (κ3) is 5.79. The average Bonchev–Trinajstić information content (AvgIpc) is 2.66. The number of hydrazone groups is 1. The van der Waals surface area contributed by atoms with Crippen LogP contribution in [0.3, 0.4) is 0 Å². The van der Waals surface area contributed by atoms with Gasteiger partial charge in [-0.05, 0) is 40.8 Å². The van der Waals surface area contributed by atoms with Gasteiger partial charge in [0.1, 0.15) is 0 Å². The molecule has 4 heteroatoms. The molecule has 0 saturated heterocycles. The van der Waals surface area contributed by atoms with E-state index in [1.54, 1.807) is 12.3 Å². The predicted octanol–water partition coefficient (Wildman–Crippen LogP) is 4.35. The zero-order valence-corrected chi connectivity index (χ0v) is 14.4. The molecule has 2 aromatic rings. The molecule has 0 fully saturated rings. The van der Waals surface area contributed by atoms with Crippen LogP contribution in [0, 0.1) is 0 Å². The Morgan fingerprint density at radius 1 is 1.12 bits per heavy atom. The van der Waals surface area contributed by atoms with Crippen LogP contribution in [0.15, 0.2) is 78.6 Å². The average molecular weight is 333 g/mol. The van der Waals surface area contributed by atoms with Crippen molar-refractivity contribution >= 4 is 18.0 Å². The van der Waals surface area contributed by atoms with E-state index in [9.17, 15) is 0 Å². The van der Waals surface area contributed by atoms with Gasteiger partial charge in [0, 0.05) is 0 Å². The van der Waals surface area contributed by atoms with Crippen molar-refractivity contribution in [1.82, 2.24) is 10.9 Å². The molecular formula is C21H23N3O. The minimum Gasteiger partial charge on any atom is -0.291 e. The lowest BCUT2D eigenvalue weighted by Gasteiger charge is -2.06. The summed E-state index contributed by atoms with van der Waals surface area (Å²) in [5.41, 5.74) is 10.3. The fourth-order valence-corrected chi connectivity index (χ4v) is 2.21. The Labute approximate surface area is 148 Å². The lowest BCUT2D eigenvalue weighted by molar-refractivity contribution is 0.205. The summed E-state index contributed by atoms with van der Waals surface area (Å²) in [6.45, 7) is 9.78. The van der Waals surface area contributed by atoms with E-state index in [0.29, 0.717) is 11.4 Å². The van der Waals surface area contributed by atoms with Crippen LogP contribution in [0.4, 0.5) is 0 Å². The predicted molar refractivity (Wildman–Crippen MR) is 105 cm³/mol. The van der Waals surface area contributed by atoms with Crippen molar-refractivity contribution in [3.8, 4) is 0 Å². The van der Waals surface area contributed by atoms with Gasteiger partial charge in [0.15, 0.2) is 0 Å². The summed E-state index contributed by atoms with van der Waals surface area (Å²) in [5.74, 6) is 0. The first kappa shape index (κ1) is 18.2. The summed E-state index contributed by atoms with van der Waals surface area (Å²) in [5, 5.41) is 13.0. The second-order valence-electron chi connectivity index (χ2n) is 5.54. The number of hydrogen-bond acceptors (Lipinski definition) is 4. The standard InChI is InChI=1S/C21H23N3O/c1-4-18-7-5-9-20(13-18)15-22-23-17(3)21-10-6-8-19(14-21)12-11-16(2)24-25/h5-15,23-25H,2-4H2,1H3/b12-11+,22-15+. The molecule has 0 heterocycles. The highest BCUT2D eigenvalue weighted by atomic mass is 16.5. The number of rotatable bonds is 8. The molecule has 0 atom stereocenters. The van der Waals surface area contributed by atoms with E-state index < -0.39 is 0 Å². The molecule has 0 radical (unpaired) electrons. The maximum atomic E-state index is 8.74. The molecule has 0 spiro atoms. The molecule has 0 amide bonds. The van der Waals surface area contributed by atoms with Gasteiger partial charge in [0.2, 0.25) is 0 Å².